The normalized spacial score (nSPS) is 11.6. The van der Waals surface area contributed by atoms with Crippen molar-refractivity contribution < 1.29 is 4.79 Å². The summed E-state index contributed by atoms with van der Waals surface area (Å²) < 4.78 is 1.68. The van der Waals surface area contributed by atoms with E-state index in [2.05, 4.69) is 44.7 Å². The summed E-state index contributed by atoms with van der Waals surface area (Å²) in [5, 5.41) is 7.12. The molecular weight excluding hydrogens is 250 g/mol. The standard InChI is InChI=1S/C16H25N3O/c1-11(2)7-8-13(5)17-16(20)10-19-9-15(12(3)4)14(6)18-19/h7-9,11-12H,5,10H2,1-4,6H3,(H,17,20)/b8-7-. The molecule has 0 radical (unpaired) electrons. The summed E-state index contributed by atoms with van der Waals surface area (Å²) in [6.45, 7) is 14.4. The number of allylic oxidation sites excluding steroid dienone is 2. The molecule has 0 saturated heterocycles. The molecule has 0 aliphatic rings. The Kier molecular flexibility index (Phi) is 5.74. The van der Waals surface area contributed by atoms with E-state index in [1.807, 2.05) is 25.3 Å². The van der Waals surface area contributed by atoms with E-state index >= 15 is 0 Å². The highest BCUT2D eigenvalue weighted by atomic mass is 16.2. The summed E-state index contributed by atoms with van der Waals surface area (Å²) >= 11 is 0. The summed E-state index contributed by atoms with van der Waals surface area (Å²) in [7, 11) is 0. The van der Waals surface area contributed by atoms with Crippen LogP contribution in [-0.4, -0.2) is 15.7 Å². The molecule has 110 valence electrons. The fourth-order valence-corrected chi connectivity index (χ4v) is 1.90. The Balaban J connectivity index is 2.59. The molecule has 1 rings (SSSR count). The molecule has 0 saturated carbocycles. The Labute approximate surface area is 121 Å². The van der Waals surface area contributed by atoms with Gasteiger partial charge in [-0.2, -0.15) is 5.10 Å². The van der Waals surface area contributed by atoms with Crippen molar-refractivity contribution in [1.29, 1.82) is 0 Å². The van der Waals surface area contributed by atoms with Crippen LogP contribution >= 0.6 is 0 Å². The highest BCUT2D eigenvalue weighted by molar-refractivity contribution is 5.77. The first-order valence-corrected chi connectivity index (χ1v) is 7.00. The summed E-state index contributed by atoms with van der Waals surface area (Å²) in [5.74, 6) is 0.739. The van der Waals surface area contributed by atoms with E-state index in [-0.39, 0.29) is 12.5 Å². The zero-order valence-electron chi connectivity index (χ0n) is 13.1. The first-order chi connectivity index (χ1) is 9.29. The number of carbonyl (C=O) groups is 1. The Morgan fingerprint density at radius 2 is 2.10 bits per heavy atom. The topological polar surface area (TPSA) is 46.9 Å². The second-order valence-corrected chi connectivity index (χ2v) is 5.70. The first kappa shape index (κ1) is 16.2. The van der Waals surface area contributed by atoms with Crippen molar-refractivity contribution in [1.82, 2.24) is 15.1 Å². The van der Waals surface area contributed by atoms with Crippen molar-refractivity contribution in [3.05, 3.63) is 41.9 Å². The number of amides is 1. The van der Waals surface area contributed by atoms with E-state index in [0.717, 1.165) is 5.69 Å². The number of hydrogen-bond donors (Lipinski definition) is 1. The lowest BCUT2D eigenvalue weighted by Crippen LogP contribution is -2.26. The second kappa shape index (κ2) is 7.08. The van der Waals surface area contributed by atoms with Gasteiger partial charge in [0.25, 0.3) is 0 Å². The third-order valence-electron chi connectivity index (χ3n) is 2.89. The maximum atomic E-state index is 11.9. The summed E-state index contributed by atoms with van der Waals surface area (Å²) in [4.78, 5) is 11.9. The van der Waals surface area contributed by atoms with E-state index in [4.69, 9.17) is 0 Å². The fourth-order valence-electron chi connectivity index (χ4n) is 1.90. The van der Waals surface area contributed by atoms with Gasteiger partial charge in [-0.15, -0.1) is 0 Å². The summed E-state index contributed by atoms with van der Waals surface area (Å²) in [5.41, 5.74) is 2.76. The molecule has 0 fully saturated rings. The van der Waals surface area contributed by atoms with Crippen LogP contribution < -0.4 is 5.32 Å². The van der Waals surface area contributed by atoms with Gasteiger partial charge in [-0.25, -0.2) is 0 Å². The van der Waals surface area contributed by atoms with Crippen molar-refractivity contribution in [2.24, 2.45) is 5.92 Å². The molecule has 20 heavy (non-hydrogen) atoms. The smallest absolute Gasteiger partial charge is 0.246 e. The number of aromatic nitrogens is 2. The maximum Gasteiger partial charge on any atom is 0.246 e. The largest absolute Gasteiger partial charge is 0.325 e. The lowest BCUT2D eigenvalue weighted by molar-refractivity contribution is -0.121. The molecule has 0 aliphatic heterocycles. The monoisotopic (exact) mass is 275 g/mol. The van der Waals surface area contributed by atoms with Crippen LogP contribution in [0.3, 0.4) is 0 Å². The molecule has 4 nitrogen and oxygen atoms in total. The lowest BCUT2D eigenvalue weighted by atomic mass is 10.1. The van der Waals surface area contributed by atoms with Crippen molar-refractivity contribution in [3.8, 4) is 0 Å². The van der Waals surface area contributed by atoms with Gasteiger partial charge in [0.05, 0.1) is 5.69 Å². The zero-order valence-corrected chi connectivity index (χ0v) is 13.1. The van der Waals surface area contributed by atoms with E-state index in [0.29, 0.717) is 17.5 Å². The van der Waals surface area contributed by atoms with E-state index < -0.39 is 0 Å². The molecular formula is C16H25N3O. The minimum absolute atomic E-state index is 0.110. The van der Waals surface area contributed by atoms with Crippen molar-refractivity contribution >= 4 is 5.91 Å². The molecule has 0 atom stereocenters. The molecule has 0 spiro atoms. The molecule has 0 aromatic carbocycles. The number of carbonyl (C=O) groups excluding carboxylic acids is 1. The van der Waals surface area contributed by atoms with Gasteiger partial charge in [0, 0.05) is 11.9 Å². The SMILES string of the molecule is C=C(/C=C\C(C)C)NC(=O)Cn1cc(C(C)C)c(C)n1. The second-order valence-electron chi connectivity index (χ2n) is 5.70. The molecule has 1 aromatic heterocycles. The van der Waals surface area contributed by atoms with E-state index in [9.17, 15) is 4.79 Å². The Hall–Kier alpha value is -1.84. The number of nitrogens with one attached hydrogen (secondary N) is 1. The van der Waals surface area contributed by atoms with Crippen LogP contribution in [-0.2, 0) is 11.3 Å². The van der Waals surface area contributed by atoms with Crippen LogP contribution in [0.4, 0.5) is 0 Å². The number of hydrogen-bond acceptors (Lipinski definition) is 2. The van der Waals surface area contributed by atoms with Crippen LogP contribution in [0.5, 0.6) is 0 Å². The summed E-state index contributed by atoms with van der Waals surface area (Å²) in [6, 6.07) is 0. The van der Waals surface area contributed by atoms with E-state index in [1.54, 1.807) is 4.68 Å². The van der Waals surface area contributed by atoms with E-state index in [1.165, 1.54) is 5.56 Å². The van der Waals surface area contributed by atoms with Crippen LogP contribution in [0.1, 0.15) is 44.9 Å². The predicted molar refractivity (Wildman–Crippen MR) is 82.3 cm³/mol. The van der Waals surface area contributed by atoms with Gasteiger partial charge in [-0.05, 0) is 30.4 Å². The van der Waals surface area contributed by atoms with Gasteiger partial charge in [0.15, 0.2) is 0 Å². The van der Waals surface area contributed by atoms with Gasteiger partial charge in [-0.1, -0.05) is 40.3 Å². The molecule has 1 heterocycles. The molecule has 0 bridgehead atoms. The van der Waals surface area contributed by atoms with Gasteiger partial charge in [-0.3, -0.25) is 9.48 Å². The van der Waals surface area contributed by atoms with Crippen molar-refractivity contribution in [2.45, 2.75) is 47.1 Å². The average molecular weight is 275 g/mol. The molecule has 0 aliphatic carbocycles. The molecule has 4 heteroatoms. The van der Waals surface area contributed by atoms with Crippen molar-refractivity contribution in [2.75, 3.05) is 0 Å². The fraction of sp³-hybridized carbons (Fsp3) is 0.500. The first-order valence-electron chi connectivity index (χ1n) is 7.00. The van der Waals surface area contributed by atoms with Crippen LogP contribution in [0.15, 0.2) is 30.6 Å². The maximum absolute atomic E-state index is 11.9. The van der Waals surface area contributed by atoms with Gasteiger partial charge < -0.3 is 5.32 Å². The minimum Gasteiger partial charge on any atom is -0.325 e. The predicted octanol–water partition coefficient (Wildman–Crippen LogP) is 3.16. The number of aryl methyl sites for hydroxylation is 1. The van der Waals surface area contributed by atoms with Gasteiger partial charge >= 0.3 is 0 Å². The molecule has 0 unspecified atom stereocenters. The highest BCUT2D eigenvalue weighted by Gasteiger charge is 2.10. The third kappa shape index (κ3) is 5.03. The van der Waals surface area contributed by atoms with Crippen molar-refractivity contribution in [3.63, 3.8) is 0 Å². The number of nitrogens with zero attached hydrogens (tertiary/aromatic N) is 2. The molecule has 1 amide bonds. The van der Waals surface area contributed by atoms with Gasteiger partial charge in [0.1, 0.15) is 6.54 Å². The number of rotatable bonds is 6. The van der Waals surface area contributed by atoms with Crippen LogP contribution in [0, 0.1) is 12.8 Å². The zero-order chi connectivity index (χ0) is 15.3. The average Bonchev–Trinajstić information content (AvgIpc) is 2.67. The Morgan fingerprint density at radius 3 is 2.60 bits per heavy atom. The molecule has 1 N–H and O–H groups in total. The minimum atomic E-state index is -0.110. The van der Waals surface area contributed by atoms with Crippen LogP contribution in [0.2, 0.25) is 0 Å². The summed E-state index contributed by atoms with van der Waals surface area (Å²) in [6.07, 6.45) is 5.76. The highest BCUT2D eigenvalue weighted by Crippen LogP contribution is 2.17. The Bertz CT molecular complexity index is 510. The van der Waals surface area contributed by atoms with Gasteiger partial charge in [0.2, 0.25) is 5.91 Å². The Morgan fingerprint density at radius 1 is 1.45 bits per heavy atom. The van der Waals surface area contributed by atoms with Crippen LogP contribution in [0.25, 0.3) is 0 Å². The quantitative estimate of drug-likeness (QED) is 0.811. The lowest BCUT2D eigenvalue weighted by Gasteiger charge is -2.05. The molecule has 1 aromatic rings. The third-order valence-corrected chi connectivity index (χ3v) is 2.89.